The van der Waals surface area contributed by atoms with Crippen molar-refractivity contribution in [2.75, 3.05) is 5.73 Å². The minimum absolute atomic E-state index is 0.0502. The summed E-state index contributed by atoms with van der Waals surface area (Å²) in [5.74, 6) is 0.0502. The van der Waals surface area contributed by atoms with Crippen molar-refractivity contribution in [3.63, 3.8) is 0 Å². The van der Waals surface area contributed by atoms with Crippen molar-refractivity contribution in [1.29, 1.82) is 5.26 Å². The fraction of sp³-hybridized carbons (Fsp3) is 0.286. The first-order valence-electron chi connectivity index (χ1n) is 3.62. The van der Waals surface area contributed by atoms with Gasteiger partial charge in [0.15, 0.2) is 0 Å². The molecule has 0 unspecified atom stereocenters. The molecule has 1 aromatic heterocycles. The van der Waals surface area contributed by atoms with Gasteiger partial charge in [-0.2, -0.15) is 5.26 Å². The Balaban J connectivity index is 3.71. The number of anilines is 1. The van der Waals surface area contributed by atoms with Crippen molar-refractivity contribution in [3.8, 4) is 6.07 Å². The van der Waals surface area contributed by atoms with E-state index in [1.54, 1.807) is 6.07 Å². The highest BCUT2D eigenvalue weighted by Gasteiger charge is 2.11. The summed E-state index contributed by atoms with van der Waals surface area (Å²) in [7, 11) is 1.43. The molecule has 0 amide bonds. The van der Waals surface area contributed by atoms with Crippen molar-refractivity contribution >= 4 is 21.7 Å². The van der Waals surface area contributed by atoms with Crippen LogP contribution in [-0.2, 0) is 13.6 Å². The Hall–Kier alpha value is -1.55. The van der Waals surface area contributed by atoms with Crippen LogP contribution in [0.2, 0.25) is 0 Å². The van der Waals surface area contributed by atoms with Gasteiger partial charge in [0, 0.05) is 7.05 Å². The average molecular weight is 259 g/mol. The van der Waals surface area contributed by atoms with E-state index in [2.05, 4.69) is 15.9 Å². The first-order valence-corrected chi connectivity index (χ1v) is 4.41. The van der Waals surface area contributed by atoms with E-state index in [4.69, 9.17) is 11.0 Å². The van der Waals surface area contributed by atoms with E-state index < -0.39 is 11.2 Å². The molecule has 74 valence electrons. The third-order valence-corrected chi connectivity index (χ3v) is 2.51. The van der Waals surface area contributed by atoms with Gasteiger partial charge in [0.25, 0.3) is 5.56 Å². The van der Waals surface area contributed by atoms with E-state index in [0.717, 1.165) is 9.13 Å². The highest BCUT2D eigenvalue weighted by Crippen LogP contribution is 2.09. The first-order chi connectivity index (χ1) is 6.50. The van der Waals surface area contributed by atoms with Crippen molar-refractivity contribution in [2.45, 2.75) is 6.54 Å². The number of hydrogen-bond donors (Lipinski definition) is 1. The van der Waals surface area contributed by atoms with Crippen molar-refractivity contribution in [3.05, 3.63) is 25.3 Å². The molecule has 1 heterocycles. The van der Waals surface area contributed by atoms with Crippen LogP contribution < -0.4 is 17.0 Å². The fourth-order valence-electron chi connectivity index (χ4n) is 0.956. The lowest BCUT2D eigenvalue weighted by Gasteiger charge is -2.07. The van der Waals surface area contributed by atoms with Crippen LogP contribution in [0.15, 0.2) is 14.1 Å². The van der Waals surface area contributed by atoms with Crippen LogP contribution in [0, 0.1) is 11.3 Å². The van der Waals surface area contributed by atoms with Crippen LogP contribution >= 0.6 is 15.9 Å². The maximum Gasteiger partial charge on any atom is 0.333 e. The number of nitrogens with two attached hydrogens (primary N) is 1. The Bertz CT molecular complexity index is 485. The van der Waals surface area contributed by atoms with E-state index in [1.807, 2.05) is 0 Å². The summed E-state index contributed by atoms with van der Waals surface area (Å²) in [5, 5.41) is 8.42. The molecule has 0 aliphatic carbocycles. The van der Waals surface area contributed by atoms with E-state index in [0.29, 0.717) is 0 Å². The maximum atomic E-state index is 11.4. The Kier molecular flexibility index (Phi) is 2.76. The number of nitrogen functional groups attached to an aromatic ring is 1. The molecule has 0 aromatic carbocycles. The Morgan fingerprint density at radius 2 is 2.14 bits per heavy atom. The number of halogens is 1. The first kappa shape index (κ1) is 10.5. The van der Waals surface area contributed by atoms with E-state index in [9.17, 15) is 9.59 Å². The molecule has 0 fully saturated rings. The molecule has 0 spiro atoms. The predicted molar refractivity (Wildman–Crippen MR) is 53.7 cm³/mol. The molecule has 1 aromatic rings. The second-order valence-corrected chi connectivity index (χ2v) is 3.38. The number of hydrogen-bond acceptors (Lipinski definition) is 4. The lowest BCUT2D eigenvalue weighted by molar-refractivity contribution is 0.655. The molecule has 0 saturated carbocycles. The molecule has 2 N–H and O–H groups in total. The normalized spacial score (nSPS) is 9.79. The SMILES string of the molecule is Cn1c(N)c(Br)c(=O)n(CC#N)c1=O. The van der Waals surface area contributed by atoms with Gasteiger partial charge in [-0.3, -0.25) is 9.36 Å². The highest BCUT2D eigenvalue weighted by atomic mass is 79.9. The standard InChI is InChI=1S/C7H7BrN4O2/c1-11-5(10)4(8)6(13)12(3-2-9)7(11)14/h3,10H2,1H3. The molecule has 6 nitrogen and oxygen atoms in total. The maximum absolute atomic E-state index is 11.4. The van der Waals surface area contributed by atoms with Gasteiger partial charge in [-0.1, -0.05) is 0 Å². The second-order valence-electron chi connectivity index (χ2n) is 2.59. The number of nitriles is 1. The molecule has 0 aliphatic rings. The van der Waals surface area contributed by atoms with Crippen LogP contribution in [0.1, 0.15) is 0 Å². The Labute approximate surface area is 87.3 Å². The van der Waals surface area contributed by atoms with Gasteiger partial charge in [0.1, 0.15) is 16.8 Å². The number of nitrogens with zero attached hydrogens (tertiary/aromatic N) is 3. The summed E-state index contributed by atoms with van der Waals surface area (Å²) in [5.41, 5.74) is 4.28. The molecule has 0 aliphatic heterocycles. The summed E-state index contributed by atoms with van der Waals surface area (Å²) in [6.07, 6.45) is 0. The molecule has 1 rings (SSSR count). The van der Waals surface area contributed by atoms with Crippen LogP contribution in [0.4, 0.5) is 5.82 Å². The van der Waals surface area contributed by atoms with Crippen molar-refractivity contribution in [1.82, 2.24) is 9.13 Å². The molecule has 7 heteroatoms. The van der Waals surface area contributed by atoms with Crippen molar-refractivity contribution < 1.29 is 0 Å². The summed E-state index contributed by atoms with van der Waals surface area (Å²) < 4.78 is 2.00. The smallest absolute Gasteiger partial charge is 0.333 e. The molecular formula is C7H7BrN4O2. The van der Waals surface area contributed by atoms with E-state index >= 15 is 0 Å². The lowest BCUT2D eigenvalue weighted by Crippen LogP contribution is -2.40. The zero-order valence-corrected chi connectivity index (χ0v) is 8.91. The summed E-state index contributed by atoms with van der Waals surface area (Å²) >= 11 is 2.96. The number of aromatic nitrogens is 2. The molecule has 0 radical (unpaired) electrons. The second kappa shape index (κ2) is 3.67. The van der Waals surface area contributed by atoms with E-state index in [1.165, 1.54) is 7.05 Å². The molecule has 0 atom stereocenters. The average Bonchev–Trinajstić information content (AvgIpc) is 2.19. The Morgan fingerprint density at radius 3 is 2.64 bits per heavy atom. The van der Waals surface area contributed by atoms with Gasteiger partial charge < -0.3 is 5.73 Å². The summed E-state index contributed by atoms with van der Waals surface area (Å²) in [6, 6.07) is 1.73. The van der Waals surface area contributed by atoms with Crippen LogP contribution in [-0.4, -0.2) is 9.13 Å². The zero-order chi connectivity index (χ0) is 10.9. The summed E-state index contributed by atoms with van der Waals surface area (Å²) in [4.78, 5) is 22.9. The third-order valence-electron chi connectivity index (χ3n) is 1.77. The van der Waals surface area contributed by atoms with Crippen LogP contribution in [0.5, 0.6) is 0 Å². The van der Waals surface area contributed by atoms with Gasteiger partial charge in [-0.15, -0.1) is 0 Å². The Morgan fingerprint density at radius 1 is 1.57 bits per heavy atom. The lowest BCUT2D eigenvalue weighted by atomic mass is 10.5. The minimum Gasteiger partial charge on any atom is -0.384 e. The van der Waals surface area contributed by atoms with Gasteiger partial charge in [-0.05, 0) is 15.9 Å². The molecule has 0 bridgehead atoms. The van der Waals surface area contributed by atoms with Gasteiger partial charge in [-0.25, -0.2) is 9.36 Å². The monoisotopic (exact) mass is 258 g/mol. The topological polar surface area (TPSA) is 93.8 Å². The minimum atomic E-state index is -0.600. The summed E-state index contributed by atoms with van der Waals surface area (Å²) in [6.45, 7) is -0.287. The largest absolute Gasteiger partial charge is 0.384 e. The molecular weight excluding hydrogens is 252 g/mol. The van der Waals surface area contributed by atoms with Gasteiger partial charge in [0.05, 0.1) is 6.07 Å². The highest BCUT2D eigenvalue weighted by molar-refractivity contribution is 9.10. The fourth-order valence-corrected chi connectivity index (χ4v) is 1.44. The van der Waals surface area contributed by atoms with Crippen LogP contribution in [0.25, 0.3) is 0 Å². The van der Waals surface area contributed by atoms with Crippen molar-refractivity contribution in [2.24, 2.45) is 7.05 Å². The quantitative estimate of drug-likeness (QED) is 0.729. The third kappa shape index (κ3) is 1.44. The van der Waals surface area contributed by atoms with Gasteiger partial charge in [0.2, 0.25) is 0 Å². The molecule has 0 saturated heterocycles. The zero-order valence-electron chi connectivity index (χ0n) is 7.32. The number of rotatable bonds is 1. The predicted octanol–water partition coefficient (Wildman–Crippen LogP) is -0.585. The molecule has 14 heavy (non-hydrogen) atoms. The van der Waals surface area contributed by atoms with Gasteiger partial charge >= 0.3 is 5.69 Å². The van der Waals surface area contributed by atoms with E-state index in [-0.39, 0.29) is 16.8 Å². The van der Waals surface area contributed by atoms with Crippen LogP contribution in [0.3, 0.4) is 0 Å².